The lowest BCUT2D eigenvalue weighted by Crippen LogP contribution is -2.42. The molecule has 0 spiro atoms. The first-order valence-corrected chi connectivity index (χ1v) is 7.46. The number of hydrogen-bond acceptors (Lipinski definition) is 4. The SMILES string of the molecule is COC(=O)c1n[nH]nc1[Si](C)(C)C. The van der Waals surface area contributed by atoms with Crippen LogP contribution in [-0.2, 0) is 4.74 Å². The maximum absolute atomic E-state index is 11.2. The van der Waals surface area contributed by atoms with Crippen LogP contribution in [-0.4, -0.2) is 36.6 Å². The summed E-state index contributed by atoms with van der Waals surface area (Å²) in [4.78, 5) is 11.2. The second kappa shape index (κ2) is 3.29. The minimum Gasteiger partial charge on any atom is -0.464 e. The maximum atomic E-state index is 11.2. The van der Waals surface area contributed by atoms with E-state index in [-0.39, 0.29) is 0 Å². The molecule has 0 aliphatic heterocycles. The van der Waals surface area contributed by atoms with Crippen molar-refractivity contribution in [1.82, 2.24) is 15.4 Å². The molecule has 1 aromatic heterocycles. The highest BCUT2D eigenvalue weighted by Crippen LogP contribution is 2.03. The molecule has 1 heterocycles. The van der Waals surface area contributed by atoms with Crippen LogP contribution in [0.3, 0.4) is 0 Å². The molecule has 0 aromatic carbocycles. The minimum atomic E-state index is -1.61. The second-order valence-electron chi connectivity index (χ2n) is 3.76. The molecule has 72 valence electrons. The Morgan fingerprint density at radius 2 is 2.00 bits per heavy atom. The summed E-state index contributed by atoms with van der Waals surface area (Å²) in [5, 5.41) is 11.0. The molecule has 1 rings (SSSR count). The number of hydrogen-bond donors (Lipinski definition) is 1. The van der Waals surface area contributed by atoms with Crippen molar-refractivity contribution in [1.29, 1.82) is 0 Å². The number of methoxy groups -OCH3 is 1. The van der Waals surface area contributed by atoms with Gasteiger partial charge in [-0.2, -0.15) is 10.3 Å². The third kappa shape index (κ3) is 1.94. The number of rotatable bonds is 2. The van der Waals surface area contributed by atoms with E-state index in [1.807, 2.05) is 0 Å². The van der Waals surface area contributed by atoms with E-state index in [4.69, 9.17) is 0 Å². The van der Waals surface area contributed by atoms with Crippen LogP contribution in [0.25, 0.3) is 0 Å². The fourth-order valence-corrected chi connectivity index (χ4v) is 2.25. The standard InChI is InChI=1S/C7H13N3O2Si/c1-12-7(11)5-6(9-10-8-5)13(2,3)4/h1-4H3,(H,8,9,10). The van der Waals surface area contributed by atoms with E-state index in [2.05, 4.69) is 39.8 Å². The molecule has 0 saturated carbocycles. The van der Waals surface area contributed by atoms with E-state index >= 15 is 0 Å². The molecule has 1 N–H and O–H groups in total. The fourth-order valence-electron chi connectivity index (χ4n) is 0.993. The van der Waals surface area contributed by atoms with Gasteiger partial charge in [-0.05, 0) is 0 Å². The predicted molar refractivity (Wildman–Crippen MR) is 50.7 cm³/mol. The molecule has 5 nitrogen and oxygen atoms in total. The third-order valence-electron chi connectivity index (χ3n) is 1.64. The van der Waals surface area contributed by atoms with Crippen molar-refractivity contribution in [2.24, 2.45) is 0 Å². The van der Waals surface area contributed by atoms with Gasteiger partial charge in [0.05, 0.1) is 12.4 Å². The smallest absolute Gasteiger partial charge is 0.360 e. The van der Waals surface area contributed by atoms with Gasteiger partial charge in [-0.25, -0.2) is 4.79 Å². The van der Waals surface area contributed by atoms with Gasteiger partial charge in [0.25, 0.3) is 0 Å². The van der Waals surface area contributed by atoms with Crippen molar-refractivity contribution < 1.29 is 9.53 Å². The molecule has 0 bridgehead atoms. The van der Waals surface area contributed by atoms with E-state index in [0.717, 1.165) is 5.32 Å². The Labute approximate surface area is 77.5 Å². The van der Waals surface area contributed by atoms with Gasteiger partial charge in [0.2, 0.25) is 0 Å². The van der Waals surface area contributed by atoms with Crippen molar-refractivity contribution in [2.45, 2.75) is 19.6 Å². The van der Waals surface area contributed by atoms with E-state index in [0.29, 0.717) is 5.69 Å². The number of nitrogens with one attached hydrogen (secondary N) is 1. The van der Waals surface area contributed by atoms with Gasteiger partial charge in [-0.1, -0.05) is 19.6 Å². The predicted octanol–water partition coefficient (Wildman–Crippen LogP) is 0.136. The number of ether oxygens (including phenoxy) is 1. The van der Waals surface area contributed by atoms with Crippen LogP contribution in [0, 0.1) is 0 Å². The molecule has 0 radical (unpaired) electrons. The molecule has 0 aliphatic rings. The molecule has 0 amide bonds. The summed E-state index contributed by atoms with van der Waals surface area (Å²) in [5.74, 6) is -0.425. The Kier molecular flexibility index (Phi) is 2.51. The summed E-state index contributed by atoms with van der Waals surface area (Å²) < 4.78 is 4.59. The number of nitrogens with zero attached hydrogens (tertiary/aromatic N) is 2. The molecule has 0 unspecified atom stereocenters. The number of aromatic nitrogens is 3. The Morgan fingerprint density at radius 3 is 2.46 bits per heavy atom. The summed E-state index contributed by atoms with van der Waals surface area (Å²) >= 11 is 0. The van der Waals surface area contributed by atoms with Gasteiger partial charge in [0.15, 0.2) is 5.69 Å². The highest BCUT2D eigenvalue weighted by Gasteiger charge is 2.28. The summed E-state index contributed by atoms with van der Waals surface area (Å²) in [5.41, 5.74) is 0.321. The van der Waals surface area contributed by atoms with Crippen LogP contribution in [0.15, 0.2) is 0 Å². The van der Waals surface area contributed by atoms with Gasteiger partial charge in [-0.3, -0.25) is 0 Å². The van der Waals surface area contributed by atoms with Crippen LogP contribution in [0.1, 0.15) is 10.5 Å². The van der Waals surface area contributed by atoms with Crippen LogP contribution in [0.4, 0.5) is 0 Å². The summed E-state index contributed by atoms with van der Waals surface area (Å²) in [7, 11) is -0.272. The molecule has 1 aromatic rings. The van der Waals surface area contributed by atoms with E-state index in [9.17, 15) is 4.79 Å². The minimum absolute atomic E-state index is 0.321. The van der Waals surface area contributed by atoms with Crippen LogP contribution < -0.4 is 5.32 Å². The van der Waals surface area contributed by atoms with Crippen LogP contribution >= 0.6 is 0 Å². The first kappa shape index (κ1) is 9.91. The molecule has 6 heteroatoms. The highest BCUT2D eigenvalue weighted by molar-refractivity contribution is 6.88. The van der Waals surface area contributed by atoms with E-state index in [1.54, 1.807) is 0 Å². The molecular weight excluding hydrogens is 186 g/mol. The van der Waals surface area contributed by atoms with Crippen molar-refractivity contribution in [3.8, 4) is 0 Å². The van der Waals surface area contributed by atoms with Crippen LogP contribution in [0.5, 0.6) is 0 Å². The number of carbonyl (C=O) groups is 1. The molecular formula is C7H13N3O2Si. The van der Waals surface area contributed by atoms with Crippen LogP contribution in [0.2, 0.25) is 19.6 Å². The summed E-state index contributed by atoms with van der Waals surface area (Å²) in [6.45, 7) is 6.28. The zero-order valence-corrected chi connectivity index (χ0v) is 9.21. The highest BCUT2D eigenvalue weighted by atomic mass is 28.3. The maximum Gasteiger partial charge on any atom is 0.360 e. The van der Waals surface area contributed by atoms with Crippen molar-refractivity contribution in [3.63, 3.8) is 0 Å². The monoisotopic (exact) mass is 199 g/mol. The number of carbonyl (C=O) groups excluding carboxylic acids is 1. The Morgan fingerprint density at radius 1 is 1.38 bits per heavy atom. The summed E-state index contributed by atoms with van der Waals surface area (Å²) in [6, 6.07) is 0. The summed E-state index contributed by atoms with van der Waals surface area (Å²) in [6.07, 6.45) is 0. The van der Waals surface area contributed by atoms with E-state index in [1.165, 1.54) is 7.11 Å². The topological polar surface area (TPSA) is 67.9 Å². The average molecular weight is 199 g/mol. The molecule has 0 atom stereocenters. The van der Waals surface area contributed by atoms with Gasteiger partial charge < -0.3 is 4.74 Å². The van der Waals surface area contributed by atoms with Crippen molar-refractivity contribution in [3.05, 3.63) is 5.69 Å². The molecule has 0 fully saturated rings. The van der Waals surface area contributed by atoms with Gasteiger partial charge in [0.1, 0.15) is 8.07 Å². The number of H-pyrrole nitrogens is 1. The Balaban J connectivity index is 3.10. The number of esters is 1. The lowest BCUT2D eigenvalue weighted by molar-refractivity contribution is 0.0595. The zero-order chi connectivity index (χ0) is 10.1. The Bertz CT molecular complexity index is 316. The molecule has 0 aliphatic carbocycles. The zero-order valence-electron chi connectivity index (χ0n) is 8.21. The first-order chi connectivity index (χ1) is 5.96. The quantitative estimate of drug-likeness (QED) is 0.543. The van der Waals surface area contributed by atoms with Gasteiger partial charge in [0, 0.05) is 0 Å². The van der Waals surface area contributed by atoms with Gasteiger partial charge in [-0.15, -0.1) is 5.10 Å². The lowest BCUT2D eigenvalue weighted by Gasteiger charge is -2.12. The van der Waals surface area contributed by atoms with Gasteiger partial charge >= 0.3 is 5.97 Å². The second-order valence-corrected chi connectivity index (χ2v) is 8.74. The lowest BCUT2D eigenvalue weighted by atomic mass is 10.5. The Hall–Kier alpha value is -1.17. The normalized spacial score (nSPS) is 11.4. The van der Waals surface area contributed by atoms with Crippen molar-refractivity contribution in [2.75, 3.05) is 7.11 Å². The average Bonchev–Trinajstić information content (AvgIpc) is 2.49. The number of aromatic amines is 1. The molecule has 13 heavy (non-hydrogen) atoms. The largest absolute Gasteiger partial charge is 0.464 e. The van der Waals surface area contributed by atoms with E-state index < -0.39 is 14.0 Å². The van der Waals surface area contributed by atoms with Crippen molar-refractivity contribution >= 4 is 19.4 Å². The first-order valence-electron chi connectivity index (χ1n) is 3.96. The third-order valence-corrected chi connectivity index (χ3v) is 3.41. The molecule has 0 saturated heterocycles. The fraction of sp³-hybridized carbons (Fsp3) is 0.571.